The number of hydrogen-bond acceptors (Lipinski definition) is 7. The number of halogens is 1. The van der Waals surface area contributed by atoms with Gasteiger partial charge in [-0.25, -0.2) is 4.98 Å². The molecule has 1 amide bonds. The number of rotatable bonds is 11. The average molecular weight is 585 g/mol. The van der Waals surface area contributed by atoms with Gasteiger partial charge >= 0.3 is 0 Å². The van der Waals surface area contributed by atoms with Crippen LogP contribution >= 0.6 is 39.0 Å². The molecule has 0 fully saturated rings. The van der Waals surface area contributed by atoms with E-state index in [2.05, 4.69) is 56.9 Å². The first kappa shape index (κ1) is 26.1. The molecule has 0 aliphatic rings. The largest absolute Gasteiger partial charge is 0.493 e. The Morgan fingerprint density at radius 3 is 2.58 bits per heavy atom. The summed E-state index contributed by atoms with van der Waals surface area (Å²) in [6.45, 7) is 9.28. The average Bonchev–Trinajstić information content (AvgIpc) is 3.50. The number of thioether (sulfide) groups is 1. The Balaban J connectivity index is 1.39. The quantitative estimate of drug-likeness (QED) is 0.155. The maximum absolute atomic E-state index is 12.6. The summed E-state index contributed by atoms with van der Waals surface area (Å²) in [4.78, 5) is 17.1. The summed E-state index contributed by atoms with van der Waals surface area (Å²) in [5, 5.41) is 14.7. The Hall–Kier alpha value is -2.95. The van der Waals surface area contributed by atoms with Crippen LogP contribution in [-0.2, 0) is 11.3 Å². The van der Waals surface area contributed by atoms with E-state index in [1.807, 2.05) is 58.5 Å². The number of benzene rings is 2. The number of nitrogens with zero attached hydrogens (tertiary/aromatic N) is 4. The number of carbonyl (C=O) groups is 1. The number of aromatic nitrogens is 4. The van der Waals surface area contributed by atoms with Crippen LogP contribution in [0.15, 0.2) is 76.2 Å². The molecular formula is C26H26BrN5O2S2. The fourth-order valence-corrected chi connectivity index (χ4v) is 4.98. The van der Waals surface area contributed by atoms with Gasteiger partial charge in [-0.05, 0) is 42.3 Å². The van der Waals surface area contributed by atoms with Crippen LogP contribution in [0.25, 0.3) is 22.6 Å². The number of ether oxygens (including phenoxy) is 1. The number of anilines is 1. The van der Waals surface area contributed by atoms with Crippen molar-refractivity contribution < 1.29 is 9.53 Å². The number of amides is 1. The highest BCUT2D eigenvalue weighted by Crippen LogP contribution is 2.28. The zero-order chi connectivity index (χ0) is 25.5. The third kappa shape index (κ3) is 6.83. The van der Waals surface area contributed by atoms with Crippen LogP contribution in [0.1, 0.15) is 13.8 Å². The van der Waals surface area contributed by atoms with Crippen molar-refractivity contribution in [1.82, 2.24) is 19.7 Å². The van der Waals surface area contributed by atoms with E-state index >= 15 is 0 Å². The molecule has 0 aliphatic carbocycles. The van der Waals surface area contributed by atoms with Crippen LogP contribution in [0, 0.1) is 5.92 Å². The zero-order valence-electron chi connectivity index (χ0n) is 20.0. The predicted molar refractivity (Wildman–Crippen MR) is 151 cm³/mol. The molecule has 0 saturated carbocycles. The summed E-state index contributed by atoms with van der Waals surface area (Å²) in [5.74, 6) is 2.02. The molecular weight excluding hydrogens is 558 g/mol. The van der Waals surface area contributed by atoms with Crippen LogP contribution in [-0.4, -0.2) is 38.0 Å². The molecule has 0 atom stereocenters. The Bertz CT molecular complexity index is 1320. The standard InChI is InChI=1S/C26H26BrN5O2S2/c1-4-13-32-24(19-7-11-21(12-8-19)34-14-17(2)3)30-31-26(32)36-16-23(33)29-25-28-22(15-35-25)18-5-9-20(27)10-6-18/h4-12,15,17H,1,13-14,16H2,2-3H3,(H,28,29,33). The fraction of sp³-hybridized carbons (Fsp3) is 0.231. The summed E-state index contributed by atoms with van der Waals surface area (Å²) >= 11 is 6.16. The predicted octanol–water partition coefficient (Wildman–Crippen LogP) is 6.78. The first-order valence-electron chi connectivity index (χ1n) is 11.3. The van der Waals surface area contributed by atoms with E-state index in [1.165, 1.54) is 23.1 Å². The molecule has 2 aromatic carbocycles. The molecule has 0 bridgehead atoms. The minimum atomic E-state index is -0.155. The molecule has 186 valence electrons. The summed E-state index contributed by atoms with van der Waals surface area (Å²) in [6.07, 6.45) is 1.79. The molecule has 2 aromatic heterocycles. The van der Waals surface area contributed by atoms with Crippen molar-refractivity contribution in [2.75, 3.05) is 17.7 Å². The van der Waals surface area contributed by atoms with Gasteiger partial charge in [0.2, 0.25) is 5.91 Å². The topological polar surface area (TPSA) is 81.9 Å². The molecule has 1 N–H and O–H groups in total. The molecule has 36 heavy (non-hydrogen) atoms. The Morgan fingerprint density at radius 1 is 1.17 bits per heavy atom. The van der Waals surface area contributed by atoms with Crippen LogP contribution in [0.5, 0.6) is 5.75 Å². The number of carbonyl (C=O) groups excluding carboxylic acids is 1. The van der Waals surface area contributed by atoms with E-state index < -0.39 is 0 Å². The summed E-state index contributed by atoms with van der Waals surface area (Å²) < 4.78 is 8.73. The van der Waals surface area contributed by atoms with Crippen LogP contribution < -0.4 is 10.1 Å². The monoisotopic (exact) mass is 583 g/mol. The highest BCUT2D eigenvalue weighted by molar-refractivity contribution is 9.10. The van der Waals surface area contributed by atoms with E-state index in [-0.39, 0.29) is 11.7 Å². The summed E-state index contributed by atoms with van der Waals surface area (Å²) in [7, 11) is 0. The Morgan fingerprint density at radius 2 is 1.89 bits per heavy atom. The lowest BCUT2D eigenvalue weighted by molar-refractivity contribution is -0.113. The van der Waals surface area contributed by atoms with Gasteiger partial charge < -0.3 is 10.1 Å². The van der Waals surface area contributed by atoms with Gasteiger partial charge in [-0.15, -0.1) is 28.1 Å². The summed E-state index contributed by atoms with van der Waals surface area (Å²) in [6, 6.07) is 15.7. The van der Waals surface area contributed by atoms with Crippen molar-refractivity contribution in [2.24, 2.45) is 5.92 Å². The van der Waals surface area contributed by atoms with Gasteiger partial charge in [0.1, 0.15) is 5.75 Å². The Labute approximate surface area is 227 Å². The van der Waals surface area contributed by atoms with Crippen molar-refractivity contribution in [3.8, 4) is 28.4 Å². The SMILES string of the molecule is C=CCn1c(SCC(=O)Nc2nc(-c3ccc(Br)cc3)cs2)nnc1-c1ccc(OCC(C)C)cc1. The number of hydrogen-bond donors (Lipinski definition) is 1. The van der Waals surface area contributed by atoms with E-state index in [1.54, 1.807) is 6.08 Å². The van der Waals surface area contributed by atoms with Gasteiger partial charge in [0.05, 0.1) is 18.1 Å². The van der Waals surface area contributed by atoms with Gasteiger partial charge in [0, 0.05) is 27.5 Å². The Kier molecular flexibility index (Phi) is 8.95. The normalized spacial score (nSPS) is 11.0. The highest BCUT2D eigenvalue weighted by Gasteiger charge is 2.16. The lowest BCUT2D eigenvalue weighted by Crippen LogP contribution is -2.14. The minimum absolute atomic E-state index is 0.155. The molecule has 4 aromatic rings. The van der Waals surface area contributed by atoms with Gasteiger partial charge in [-0.1, -0.05) is 59.7 Å². The van der Waals surface area contributed by atoms with Crippen molar-refractivity contribution >= 4 is 50.1 Å². The molecule has 2 heterocycles. The number of allylic oxidation sites excluding steroid dienone is 1. The second-order valence-electron chi connectivity index (χ2n) is 8.32. The molecule has 0 spiro atoms. The van der Waals surface area contributed by atoms with Crippen molar-refractivity contribution in [1.29, 1.82) is 0 Å². The lowest BCUT2D eigenvalue weighted by atomic mass is 10.2. The lowest BCUT2D eigenvalue weighted by Gasteiger charge is -2.10. The number of thiazole rings is 1. The van der Waals surface area contributed by atoms with Crippen LogP contribution in [0.3, 0.4) is 0 Å². The molecule has 0 aliphatic heterocycles. The fourth-order valence-electron chi connectivity index (χ4n) is 3.24. The smallest absolute Gasteiger partial charge is 0.236 e. The molecule has 0 saturated heterocycles. The molecule has 0 radical (unpaired) electrons. The van der Waals surface area contributed by atoms with E-state index in [4.69, 9.17) is 4.74 Å². The molecule has 0 unspecified atom stereocenters. The van der Waals surface area contributed by atoms with E-state index in [9.17, 15) is 4.79 Å². The molecule has 4 rings (SSSR count). The van der Waals surface area contributed by atoms with E-state index in [0.717, 1.165) is 27.0 Å². The van der Waals surface area contributed by atoms with Gasteiger partial charge in [0.15, 0.2) is 16.1 Å². The van der Waals surface area contributed by atoms with Crippen molar-refractivity contribution in [3.05, 3.63) is 71.0 Å². The third-order valence-corrected chi connectivity index (χ3v) is 7.20. The van der Waals surface area contributed by atoms with Crippen LogP contribution in [0.2, 0.25) is 0 Å². The first-order valence-corrected chi connectivity index (χ1v) is 14.0. The molecule has 10 heteroatoms. The third-order valence-electron chi connectivity index (χ3n) is 4.95. The first-order chi connectivity index (χ1) is 17.4. The second kappa shape index (κ2) is 12.3. The minimum Gasteiger partial charge on any atom is -0.493 e. The highest BCUT2D eigenvalue weighted by atomic mass is 79.9. The van der Waals surface area contributed by atoms with Crippen LogP contribution in [0.4, 0.5) is 5.13 Å². The maximum atomic E-state index is 12.6. The van der Waals surface area contributed by atoms with Gasteiger partial charge in [-0.3, -0.25) is 9.36 Å². The molecule has 7 nitrogen and oxygen atoms in total. The van der Waals surface area contributed by atoms with E-state index in [0.29, 0.717) is 35.2 Å². The maximum Gasteiger partial charge on any atom is 0.236 e. The van der Waals surface area contributed by atoms with Crippen molar-refractivity contribution in [2.45, 2.75) is 25.5 Å². The zero-order valence-corrected chi connectivity index (χ0v) is 23.2. The van der Waals surface area contributed by atoms with Gasteiger partial charge in [0.25, 0.3) is 0 Å². The van der Waals surface area contributed by atoms with Gasteiger partial charge in [-0.2, -0.15) is 0 Å². The van der Waals surface area contributed by atoms with Crippen molar-refractivity contribution in [3.63, 3.8) is 0 Å². The number of nitrogens with one attached hydrogen (secondary N) is 1. The summed E-state index contributed by atoms with van der Waals surface area (Å²) in [5.41, 5.74) is 2.74. The second-order valence-corrected chi connectivity index (χ2v) is 11.0.